The van der Waals surface area contributed by atoms with Gasteiger partial charge in [-0.2, -0.15) is 0 Å². The van der Waals surface area contributed by atoms with Gasteiger partial charge < -0.3 is 14.8 Å². The SMILES string of the molecule is CCOC(=O)C1=C(C)NC2=C(C(=O)c3ccccc32)[C@H]1c1cc(Br)c(OCc2ccccc2)c(Br)c1. The van der Waals surface area contributed by atoms with Crippen molar-refractivity contribution in [1.82, 2.24) is 5.32 Å². The summed E-state index contributed by atoms with van der Waals surface area (Å²) in [7, 11) is 0. The maximum absolute atomic E-state index is 13.6. The predicted octanol–water partition coefficient (Wildman–Crippen LogP) is 6.92. The molecule has 182 valence electrons. The van der Waals surface area contributed by atoms with Crippen molar-refractivity contribution in [3.05, 3.63) is 115 Å². The van der Waals surface area contributed by atoms with Gasteiger partial charge in [0.25, 0.3) is 0 Å². The van der Waals surface area contributed by atoms with Crippen molar-refractivity contribution < 1.29 is 19.1 Å². The number of halogens is 2. The van der Waals surface area contributed by atoms with Crippen molar-refractivity contribution in [2.75, 3.05) is 6.61 Å². The van der Waals surface area contributed by atoms with Gasteiger partial charge in [-0.25, -0.2) is 4.79 Å². The second kappa shape index (κ2) is 10.1. The highest BCUT2D eigenvalue weighted by molar-refractivity contribution is 9.11. The minimum atomic E-state index is -0.601. The number of hydrogen-bond acceptors (Lipinski definition) is 5. The zero-order valence-electron chi connectivity index (χ0n) is 19.7. The van der Waals surface area contributed by atoms with Crippen molar-refractivity contribution in [2.45, 2.75) is 26.4 Å². The lowest BCUT2D eigenvalue weighted by Gasteiger charge is -2.29. The number of dihydropyridines is 1. The van der Waals surface area contributed by atoms with Gasteiger partial charge in [-0.05, 0) is 69.0 Å². The van der Waals surface area contributed by atoms with E-state index in [4.69, 9.17) is 9.47 Å². The molecule has 1 aliphatic carbocycles. The van der Waals surface area contributed by atoms with Gasteiger partial charge in [0, 0.05) is 28.3 Å². The minimum absolute atomic E-state index is 0.0935. The number of benzene rings is 3. The van der Waals surface area contributed by atoms with Gasteiger partial charge in [0.05, 0.1) is 26.8 Å². The number of ketones is 1. The van der Waals surface area contributed by atoms with Crippen LogP contribution in [0, 0.1) is 0 Å². The normalized spacial score (nSPS) is 16.4. The highest BCUT2D eigenvalue weighted by Gasteiger charge is 2.43. The molecule has 3 aromatic carbocycles. The summed E-state index contributed by atoms with van der Waals surface area (Å²) in [5.41, 5.74) is 5.66. The van der Waals surface area contributed by atoms with E-state index in [0.717, 1.165) is 22.4 Å². The van der Waals surface area contributed by atoms with E-state index in [1.165, 1.54) is 0 Å². The van der Waals surface area contributed by atoms with Crippen molar-refractivity contribution in [1.29, 1.82) is 0 Å². The molecular formula is C29H23Br2NO4. The Morgan fingerprint density at radius 1 is 0.972 bits per heavy atom. The lowest BCUT2D eigenvalue weighted by molar-refractivity contribution is -0.138. The van der Waals surface area contributed by atoms with E-state index in [1.807, 2.05) is 73.7 Å². The fourth-order valence-corrected chi connectivity index (χ4v) is 6.21. The molecule has 1 heterocycles. The number of rotatable bonds is 6. The predicted molar refractivity (Wildman–Crippen MR) is 146 cm³/mol. The monoisotopic (exact) mass is 607 g/mol. The molecule has 0 amide bonds. The fourth-order valence-electron chi connectivity index (χ4n) is 4.76. The Bertz CT molecular complexity index is 1420. The summed E-state index contributed by atoms with van der Waals surface area (Å²) in [6.07, 6.45) is 0. The maximum Gasteiger partial charge on any atom is 0.336 e. The highest BCUT2D eigenvalue weighted by Crippen LogP contribution is 2.48. The lowest BCUT2D eigenvalue weighted by Crippen LogP contribution is -2.29. The smallest absolute Gasteiger partial charge is 0.336 e. The minimum Gasteiger partial charge on any atom is -0.487 e. The summed E-state index contributed by atoms with van der Waals surface area (Å²) < 4.78 is 12.9. The first kappa shape index (κ1) is 24.5. The highest BCUT2D eigenvalue weighted by atomic mass is 79.9. The Morgan fingerprint density at radius 2 is 1.61 bits per heavy atom. The van der Waals surface area contributed by atoms with Crippen LogP contribution in [-0.4, -0.2) is 18.4 Å². The number of hydrogen-bond donors (Lipinski definition) is 1. The number of carbonyl (C=O) groups is 2. The summed E-state index contributed by atoms with van der Waals surface area (Å²) >= 11 is 7.31. The zero-order valence-corrected chi connectivity index (χ0v) is 22.9. The molecule has 5 nitrogen and oxygen atoms in total. The molecule has 7 heteroatoms. The number of allylic oxidation sites excluding steroid dienone is 2. The van der Waals surface area contributed by atoms with E-state index in [2.05, 4.69) is 37.2 Å². The number of carbonyl (C=O) groups excluding carboxylic acids is 2. The molecule has 0 saturated heterocycles. The summed E-state index contributed by atoms with van der Waals surface area (Å²) in [6.45, 7) is 4.26. The van der Waals surface area contributed by atoms with Crippen LogP contribution in [0.5, 0.6) is 5.75 Å². The summed E-state index contributed by atoms with van der Waals surface area (Å²) in [6, 6.07) is 21.2. The Morgan fingerprint density at radius 3 is 2.28 bits per heavy atom. The average molecular weight is 609 g/mol. The van der Waals surface area contributed by atoms with Crippen LogP contribution in [0.25, 0.3) is 5.70 Å². The van der Waals surface area contributed by atoms with Crippen molar-refractivity contribution in [3.8, 4) is 5.75 Å². The molecule has 0 spiro atoms. The molecule has 0 fully saturated rings. The van der Waals surface area contributed by atoms with Gasteiger partial charge in [0.1, 0.15) is 12.4 Å². The average Bonchev–Trinajstić information content (AvgIpc) is 3.15. The zero-order chi connectivity index (χ0) is 25.4. The van der Waals surface area contributed by atoms with Crippen LogP contribution in [0.1, 0.15) is 46.8 Å². The summed E-state index contributed by atoms with van der Waals surface area (Å²) in [4.78, 5) is 26.8. The Hall–Kier alpha value is -3.16. The third-order valence-corrected chi connectivity index (χ3v) is 7.50. The van der Waals surface area contributed by atoms with Gasteiger partial charge in [0.2, 0.25) is 0 Å². The Labute approximate surface area is 226 Å². The molecule has 1 atom stereocenters. The quantitative estimate of drug-likeness (QED) is 0.308. The third-order valence-electron chi connectivity index (χ3n) is 6.32. The number of nitrogens with one attached hydrogen (secondary N) is 1. The molecule has 36 heavy (non-hydrogen) atoms. The molecule has 0 saturated carbocycles. The van der Waals surface area contributed by atoms with E-state index in [-0.39, 0.29) is 12.4 Å². The van der Waals surface area contributed by atoms with E-state index >= 15 is 0 Å². The molecular weight excluding hydrogens is 586 g/mol. The van der Waals surface area contributed by atoms with Gasteiger partial charge in [-0.15, -0.1) is 0 Å². The first-order valence-corrected chi connectivity index (χ1v) is 13.2. The Kier molecular flexibility index (Phi) is 6.86. The molecule has 5 rings (SSSR count). The third kappa shape index (κ3) is 4.31. The van der Waals surface area contributed by atoms with Gasteiger partial charge >= 0.3 is 5.97 Å². The molecule has 2 aliphatic rings. The van der Waals surface area contributed by atoms with Gasteiger partial charge in [0.15, 0.2) is 5.78 Å². The second-order valence-electron chi connectivity index (χ2n) is 8.57. The maximum atomic E-state index is 13.6. The van der Waals surface area contributed by atoms with Crippen molar-refractivity contribution in [3.63, 3.8) is 0 Å². The van der Waals surface area contributed by atoms with Crippen molar-refractivity contribution >= 4 is 49.3 Å². The second-order valence-corrected chi connectivity index (χ2v) is 10.3. The lowest BCUT2D eigenvalue weighted by atomic mass is 9.80. The molecule has 0 radical (unpaired) electrons. The number of ether oxygens (including phenoxy) is 2. The fraction of sp³-hybridized carbons (Fsp3) is 0.172. The van der Waals surface area contributed by atoms with Crippen LogP contribution in [0.2, 0.25) is 0 Å². The van der Waals surface area contributed by atoms with Gasteiger partial charge in [-0.1, -0.05) is 54.6 Å². The molecule has 3 aromatic rings. The van der Waals surface area contributed by atoms with E-state index < -0.39 is 11.9 Å². The topological polar surface area (TPSA) is 64.6 Å². The standard InChI is InChI=1S/C29H23Br2NO4/c1-3-35-29(34)23-16(2)32-26-19-11-7-8-12-20(19)27(33)25(26)24(23)18-13-21(30)28(22(31)14-18)36-15-17-9-5-4-6-10-17/h4-14,24,32H,3,15H2,1-2H3/t24-/m0/s1. The van der Waals surface area contributed by atoms with Crippen LogP contribution in [0.15, 0.2) is 92.5 Å². The van der Waals surface area contributed by atoms with E-state index in [0.29, 0.717) is 43.7 Å². The summed E-state index contributed by atoms with van der Waals surface area (Å²) in [5, 5.41) is 3.32. The van der Waals surface area contributed by atoms with Crippen LogP contribution < -0.4 is 10.1 Å². The molecule has 0 aromatic heterocycles. The number of Topliss-reactive ketones (excluding diaryl/α,β-unsaturated/α-hetero) is 1. The number of fused-ring (bicyclic) bond motifs is 2. The Balaban J connectivity index is 1.59. The first-order valence-electron chi connectivity index (χ1n) is 11.6. The molecule has 0 unspecified atom stereocenters. The van der Waals surface area contributed by atoms with E-state index in [9.17, 15) is 9.59 Å². The molecule has 1 N–H and O–H groups in total. The summed E-state index contributed by atoms with van der Waals surface area (Å²) in [5.74, 6) is -0.496. The van der Waals surface area contributed by atoms with Crippen LogP contribution in [0.4, 0.5) is 0 Å². The van der Waals surface area contributed by atoms with Crippen LogP contribution in [0.3, 0.4) is 0 Å². The van der Waals surface area contributed by atoms with Crippen LogP contribution >= 0.6 is 31.9 Å². The van der Waals surface area contributed by atoms with Gasteiger partial charge in [-0.3, -0.25) is 4.79 Å². The first-order chi connectivity index (χ1) is 17.4. The number of esters is 1. The van der Waals surface area contributed by atoms with Crippen LogP contribution in [-0.2, 0) is 16.1 Å². The van der Waals surface area contributed by atoms with E-state index in [1.54, 1.807) is 6.92 Å². The van der Waals surface area contributed by atoms with Crippen molar-refractivity contribution in [2.24, 2.45) is 0 Å². The molecule has 1 aliphatic heterocycles. The molecule has 0 bridgehead atoms. The largest absolute Gasteiger partial charge is 0.487 e.